The number of nitrogens with zero attached hydrogens (tertiary/aromatic N) is 1. The zero-order valence-electron chi connectivity index (χ0n) is 17.5. The topological polar surface area (TPSA) is 47.5 Å². The van der Waals surface area contributed by atoms with Gasteiger partial charge >= 0.3 is 0 Å². The molecule has 0 heterocycles. The Balaban J connectivity index is 3.21. The second-order valence-electron chi connectivity index (χ2n) is 7.59. The van der Waals surface area contributed by atoms with Crippen LogP contribution in [0.5, 0.6) is 0 Å². The molecule has 4 nitrogen and oxygen atoms in total. The van der Waals surface area contributed by atoms with Crippen molar-refractivity contribution >= 4 is 0 Å². The van der Waals surface area contributed by atoms with Crippen molar-refractivity contribution in [2.45, 2.75) is 90.1 Å². The first-order valence-electron chi connectivity index (χ1n) is 10.9. The summed E-state index contributed by atoms with van der Waals surface area (Å²) in [7, 11) is 4.16. The SMILES string of the molecule is CCCCCCCCCCCCC(O)CNCCCN(C)CCNC. The lowest BCUT2D eigenvalue weighted by molar-refractivity contribution is 0.157. The van der Waals surface area contributed by atoms with Gasteiger partial charge in [0.05, 0.1) is 6.10 Å². The first kappa shape index (κ1) is 24.8. The van der Waals surface area contributed by atoms with Crippen LogP contribution in [0.25, 0.3) is 0 Å². The maximum absolute atomic E-state index is 10.0. The summed E-state index contributed by atoms with van der Waals surface area (Å²) in [5.41, 5.74) is 0. The number of unbranched alkanes of at least 4 members (excludes halogenated alkanes) is 9. The van der Waals surface area contributed by atoms with Gasteiger partial charge < -0.3 is 20.6 Å². The summed E-state index contributed by atoms with van der Waals surface area (Å²) in [6.45, 7) is 7.27. The third-order valence-electron chi connectivity index (χ3n) is 4.91. The molecule has 0 saturated heterocycles. The summed E-state index contributed by atoms with van der Waals surface area (Å²) in [5.74, 6) is 0. The van der Waals surface area contributed by atoms with Crippen molar-refractivity contribution in [3.05, 3.63) is 0 Å². The van der Waals surface area contributed by atoms with Gasteiger partial charge in [-0.3, -0.25) is 0 Å². The number of hydrogen-bond acceptors (Lipinski definition) is 4. The lowest BCUT2D eigenvalue weighted by atomic mass is 10.0. The molecule has 0 spiro atoms. The fraction of sp³-hybridized carbons (Fsp3) is 1.00. The normalized spacial score (nSPS) is 12.8. The predicted molar refractivity (Wildman–Crippen MR) is 111 cm³/mol. The summed E-state index contributed by atoms with van der Waals surface area (Å²) in [4.78, 5) is 2.35. The Morgan fingerprint density at radius 1 is 0.800 bits per heavy atom. The quantitative estimate of drug-likeness (QED) is 0.290. The first-order valence-corrected chi connectivity index (χ1v) is 10.9. The van der Waals surface area contributed by atoms with Crippen LogP contribution >= 0.6 is 0 Å². The van der Waals surface area contributed by atoms with E-state index in [4.69, 9.17) is 0 Å². The second kappa shape index (κ2) is 20.2. The molecular weight excluding hydrogens is 310 g/mol. The van der Waals surface area contributed by atoms with Gasteiger partial charge in [0, 0.05) is 19.6 Å². The highest BCUT2D eigenvalue weighted by Crippen LogP contribution is 2.11. The summed E-state index contributed by atoms with van der Waals surface area (Å²) in [5, 5.41) is 16.6. The van der Waals surface area contributed by atoms with Gasteiger partial charge in [0.15, 0.2) is 0 Å². The van der Waals surface area contributed by atoms with E-state index in [0.29, 0.717) is 0 Å². The average molecular weight is 358 g/mol. The molecule has 0 radical (unpaired) electrons. The average Bonchev–Trinajstić information content (AvgIpc) is 2.61. The van der Waals surface area contributed by atoms with Gasteiger partial charge in [-0.15, -0.1) is 0 Å². The number of hydrogen-bond donors (Lipinski definition) is 3. The molecule has 0 saturated carbocycles. The van der Waals surface area contributed by atoms with Gasteiger partial charge in [0.1, 0.15) is 0 Å². The molecule has 0 amide bonds. The number of rotatable bonds is 20. The Bertz CT molecular complexity index is 251. The predicted octanol–water partition coefficient (Wildman–Crippen LogP) is 3.79. The Hall–Kier alpha value is -0.160. The third-order valence-corrected chi connectivity index (χ3v) is 4.91. The Morgan fingerprint density at radius 2 is 1.40 bits per heavy atom. The van der Waals surface area contributed by atoms with Crippen LogP contribution in [0.1, 0.15) is 84.0 Å². The van der Waals surface area contributed by atoms with Crippen LogP contribution in [0, 0.1) is 0 Å². The highest BCUT2D eigenvalue weighted by atomic mass is 16.3. The molecule has 1 unspecified atom stereocenters. The lowest BCUT2D eigenvalue weighted by Gasteiger charge is -2.17. The molecule has 4 heteroatoms. The summed E-state index contributed by atoms with van der Waals surface area (Å²) in [6.07, 6.45) is 15.5. The molecule has 0 bridgehead atoms. The van der Waals surface area contributed by atoms with Gasteiger partial charge in [-0.05, 0) is 40.0 Å². The second-order valence-corrected chi connectivity index (χ2v) is 7.59. The molecule has 25 heavy (non-hydrogen) atoms. The largest absolute Gasteiger partial charge is 0.392 e. The van der Waals surface area contributed by atoms with Gasteiger partial charge in [-0.2, -0.15) is 0 Å². The van der Waals surface area contributed by atoms with E-state index in [-0.39, 0.29) is 6.10 Å². The number of nitrogens with one attached hydrogen (secondary N) is 2. The van der Waals surface area contributed by atoms with Crippen LogP contribution in [-0.2, 0) is 0 Å². The third kappa shape index (κ3) is 20.0. The van der Waals surface area contributed by atoms with E-state index in [1.807, 2.05) is 7.05 Å². The van der Waals surface area contributed by atoms with E-state index >= 15 is 0 Å². The molecule has 3 N–H and O–H groups in total. The Kier molecular flexibility index (Phi) is 20.0. The van der Waals surface area contributed by atoms with Crippen LogP contribution in [0.4, 0.5) is 0 Å². The minimum Gasteiger partial charge on any atom is -0.392 e. The number of aliphatic hydroxyl groups is 1. The van der Waals surface area contributed by atoms with E-state index in [1.54, 1.807) is 0 Å². The van der Waals surface area contributed by atoms with Crippen LogP contribution < -0.4 is 10.6 Å². The van der Waals surface area contributed by atoms with Gasteiger partial charge in [-0.25, -0.2) is 0 Å². The molecule has 0 aliphatic carbocycles. The fourth-order valence-corrected chi connectivity index (χ4v) is 3.13. The van der Waals surface area contributed by atoms with Crippen molar-refractivity contribution < 1.29 is 5.11 Å². The maximum atomic E-state index is 10.0. The van der Waals surface area contributed by atoms with Crippen LogP contribution in [-0.4, -0.2) is 62.9 Å². The molecule has 0 aromatic rings. The van der Waals surface area contributed by atoms with Crippen molar-refractivity contribution in [3.63, 3.8) is 0 Å². The highest BCUT2D eigenvalue weighted by molar-refractivity contribution is 4.61. The minimum atomic E-state index is -0.170. The van der Waals surface area contributed by atoms with Crippen LogP contribution in [0.3, 0.4) is 0 Å². The molecule has 0 aliphatic rings. The highest BCUT2D eigenvalue weighted by Gasteiger charge is 2.03. The summed E-state index contributed by atoms with van der Waals surface area (Å²) in [6, 6.07) is 0. The summed E-state index contributed by atoms with van der Waals surface area (Å²) < 4.78 is 0. The van der Waals surface area contributed by atoms with E-state index < -0.39 is 0 Å². The molecule has 1 atom stereocenters. The first-order chi connectivity index (χ1) is 12.2. The fourth-order valence-electron chi connectivity index (χ4n) is 3.13. The molecule has 0 aromatic carbocycles. The van der Waals surface area contributed by atoms with Gasteiger partial charge in [-0.1, -0.05) is 71.1 Å². The molecule has 152 valence electrons. The van der Waals surface area contributed by atoms with Gasteiger partial charge in [0.2, 0.25) is 0 Å². The van der Waals surface area contributed by atoms with Crippen LogP contribution in [0.2, 0.25) is 0 Å². The zero-order chi connectivity index (χ0) is 18.6. The van der Waals surface area contributed by atoms with E-state index in [0.717, 1.165) is 45.6 Å². The zero-order valence-corrected chi connectivity index (χ0v) is 17.5. The molecule has 0 aliphatic heterocycles. The van der Waals surface area contributed by atoms with Gasteiger partial charge in [0.25, 0.3) is 0 Å². The van der Waals surface area contributed by atoms with Crippen LogP contribution in [0.15, 0.2) is 0 Å². The summed E-state index contributed by atoms with van der Waals surface area (Å²) >= 11 is 0. The van der Waals surface area contributed by atoms with E-state index in [1.165, 1.54) is 64.2 Å². The van der Waals surface area contributed by atoms with Crippen molar-refractivity contribution in [2.75, 3.05) is 46.8 Å². The van der Waals surface area contributed by atoms with E-state index in [2.05, 4.69) is 29.5 Å². The maximum Gasteiger partial charge on any atom is 0.0664 e. The minimum absolute atomic E-state index is 0.170. The monoisotopic (exact) mass is 357 g/mol. The van der Waals surface area contributed by atoms with Crippen molar-refractivity contribution in [2.24, 2.45) is 0 Å². The molecule has 0 rings (SSSR count). The van der Waals surface area contributed by atoms with Crippen molar-refractivity contribution in [3.8, 4) is 0 Å². The standard InChI is InChI=1S/C21H47N3O/c1-4-5-6-7-8-9-10-11-12-13-15-21(25)20-23-16-14-18-24(3)19-17-22-2/h21-23,25H,4-20H2,1-3H3. The van der Waals surface area contributed by atoms with Crippen molar-refractivity contribution in [1.29, 1.82) is 0 Å². The Morgan fingerprint density at radius 3 is 2.00 bits per heavy atom. The molecular formula is C21H47N3O. The van der Waals surface area contributed by atoms with Crippen molar-refractivity contribution in [1.82, 2.24) is 15.5 Å². The smallest absolute Gasteiger partial charge is 0.0664 e. The van der Waals surface area contributed by atoms with E-state index in [9.17, 15) is 5.11 Å². The lowest BCUT2D eigenvalue weighted by Crippen LogP contribution is -2.32. The molecule has 0 fully saturated rings. The molecule has 0 aromatic heterocycles. The number of likely N-dealkylation sites (N-methyl/N-ethyl adjacent to an activating group) is 2. The Labute approximate surface area is 158 Å². The number of aliphatic hydroxyl groups excluding tert-OH is 1.